The fourth-order valence-electron chi connectivity index (χ4n) is 2.90. The van der Waals surface area contributed by atoms with Crippen molar-refractivity contribution in [3.8, 4) is 0 Å². The first kappa shape index (κ1) is 13.4. The number of fused-ring (bicyclic) bond motifs is 1. The molecule has 20 heavy (non-hydrogen) atoms. The number of nitrogens with zero attached hydrogens (tertiary/aromatic N) is 4. The number of hydrogen-bond donors (Lipinski definition) is 1. The third-order valence-electron chi connectivity index (χ3n) is 4.06. The molecular formula is C15H23N5. The van der Waals surface area contributed by atoms with Gasteiger partial charge in [0.2, 0.25) is 0 Å². The summed E-state index contributed by atoms with van der Waals surface area (Å²) in [5.74, 6) is 2.20. The average molecular weight is 273 g/mol. The number of hydrogen-bond acceptors (Lipinski definition) is 3. The third-order valence-corrected chi connectivity index (χ3v) is 4.06. The number of aromatic nitrogens is 4. The highest BCUT2D eigenvalue weighted by atomic mass is 15.3. The summed E-state index contributed by atoms with van der Waals surface area (Å²) >= 11 is 0. The maximum absolute atomic E-state index is 6.16. The molecule has 3 rings (SSSR count). The predicted octanol–water partition coefficient (Wildman–Crippen LogP) is 2.26. The van der Waals surface area contributed by atoms with Gasteiger partial charge in [0.25, 0.3) is 0 Å². The number of nitrogens with two attached hydrogens (primary N) is 1. The Balaban J connectivity index is 1.73. The Morgan fingerprint density at radius 2 is 2.25 bits per heavy atom. The van der Waals surface area contributed by atoms with E-state index in [1.807, 2.05) is 0 Å². The molecular weight excluding hydrogens is 250 g/mol. The second kappa shape index (κ2) is 5.79. The van der Waals surface area contributed by atoms with Gasteiger partial charge in [0.05, 0.1) is 6.54 Å². The number of rotatable bonds is 5. The summed E-state index contributed by atoms with van der Waals surface area (Å²) in [7, 11) is 0. The van der Waals surface area contributed by atoms with Crippen molar-refractivity contribution in [3.63, 3.8) is 0 Å². The molecule has 0 aromatic carbocycles. The third kappa shape index (κ3) is 2.63. The van der Waals surface area contributed by atoms with Crippen molar-refractivity contribution in [2.45, 2.75) is 58.2 Å². The van der Waals surface area contributed by atoms with Crippen molar-refractivity contribution in [2.75, 3.05) is 0 Å². The van der Waals surface area contributed by atoms with Gasteiger partial charge in [-0.3, -0.25) is 0 Å². The van der Waals surface area contributed by atoms with Crippen LogP contribution in [0.5, 0.6) is 0 Å². The van der Waals surface area contributed by atoms with Crippen LogP contribution in [0.3, 0.4) is 0 Å². The molecule has 1 unspecified atom stereocenters. The molecule has 1 aliphatic rings. The molecule has 2 aromatic rings. The fourth-order valence-corrected chi connectivity index (χ4v) is 2.90. The second-order valence-corrected chi connectivity index (χ2v) is 5.65. The van der Waals surface area contributed by atoms with E-state index in [0.717, 1.165) is 44.0 Å². The van der Waals surface area contributed by atoms with Gasteiger partial charge >= 0.3 is 0 Å². The lowest BCUT2D eigenvalue weighted by atomic mass is 10.1. The quantitative estimate of drug-likeness (QED) is 0.909. The van der Waals surface area contributed by atoms with Crippen LogP contribution in [0, 0.1) is 0 Å². The summed E-state index contributed by atoms with van der Waals surface area (Å²) in [6.07, 6.45) is 9.91. The van der Waals surface area contributed by atoms with E-state index in [1.165, 1.54) is 18.4 Å². The SMILES string of the molecule is CCCC(N)c1ccn(Cc2nnc3n2CCCC3)c1. The molecule has 0 bridgehead atoms. The molecule has 0 saturated carbocycles. The van der Waals surface area contributed by atoms with Gasteiger partial charge in [-0.2, -0.15) is 0 Å². The minimum absolute atomic E-state index is 0.147. The maximum Gasteiger partial charge on any atom is 0.152 e. The zero-order chi connectivity index (χ0) is 13.9. The molecule has 2 N–H and O–H groups in total. The minimum Gasteiger partial charge on any atom is -0.346 e. The van der Waals surface area contributed by atoms with Gasteiger partial charge in [-0.1, -0.05) is 13.3 Å². The Labute approximate surface area is 119 Å². The van der Waals surface area contributed by atoms with E-state index in [-0.39, 0.29) is 6.04 Å². The molecule has 0 aliphatic carbocycles. The summed E-state index contributed by atoms with van der Waals surface area (Å²) in [5.41, 5.74) is 7.37. The first-order chi connectivity index (χ1) is 9.78. The van der Waals surface area contributed by atoms with Gasteiger partial charge in [-0.25, -0.2) is 0 Å². The topological polar surface area (TPSA) is 61.7 Å². The van der Waals surface area contributed by atoms with Crippen LogP contribution in [-0.2, 0) is 19.5 Å². The van der Waals surface area contributed by atoms with Crippen molar-refractivity contribution in [3.05, 3.63) is 35.7 Å². The van der Waals surface area contributed by atoms with Crippen molar-refractivity contribution in [1.29, 1.82) is 0 Å². The van der Waals surface area contributed by atoms with Gasteiger partial charge < -0.3 is 14.9 Å². The maximum atomic E-state index is 6.16. The highest BCUT2D eigenvalue weighted by Crippen LogP contribution is 2.18. The Hall–Kier alpha value is -1.62. The molecule has 1 atom stereocenters. The molecule has 5 heteroatoms. The second-order valence-electron chi connectivity index (χ2n) is 5.65. The summed E-state index contributed by atoms with van der Waals surface area (Å²) in [6, 6.07) is 2.27. The van der Waals surface area contributed by atoms with Crippen molar-refractivity contribution < 1.29 is 0 Å². The zero-order valence-corrected chi connectivity index (χ0v) is 12.1. The number of aryl methyl sites for hydroxylation is 1. The van der Waals surface area contributed by atoms with E-state index in [1.54, 1.807) is 0 Å². The van der Waals surface area contributed by atoms with Crippen LogP contribution < -0.4 is 5.73 Å². The summed E-state index contributed by atoms with van der Waals surface area (Å²) in [6.45, 7) is 4.01. The zero-order valence-electron chi connectivity index (χ0n) is 12.1. The molecule has 0 fully saturated rings. The molecule has 108 valence electrons. The minimum atomic E-state index is 0.147. The van der Waals surface area contributed by atoms with Gasteiger partial charge in [0.15, 0.2) is 5.82 Å². The van der Waals surface area contributed by atoms with Crippen molar-refractivity contribution >= 4 is 0 Å². The monoisotopic (exact) mass is 273 g/mol. The molecule has 1 aliphatic heterocycles. The first-order valence-electron chi connectivity index (χ1n) is 7.60. The van der Waals surface area contributed by atoms with Crippen LogP contribution in [-0.4, -0.2) is 19.3 Å². The summed E-state index contributed by atoms with van der Waals surface area (Å²) in [4.78, 5) is 0. The van der Waals surface area contributed by atoms with E-state index in [2.05, 4.69) is 44.7 Å². The fraction of sp³-hybridized carbons (Fsp3) is 0.600. The lowest BCUT2D eigenvalue weighted by Gasteiger charge is -2.14. The summed E-state index contributed by atoms with van der Waals surface area (Å²) in [5, 5.41) is 8.64. The normalized spacial score (nSPS) is 16.1. The van der Waals surface area contributed by atoms with Crippen LogP contribution in [0.15, 0.2) is 18.5 Å². The Bertz CT molecular complexity index is 569. The van der Waals surface area contributed by atoms with E-state index in [9.17, 15) is 0 Å². The van der Waals surface area contributed by atoms with E-state index in [0.29, 0.717) is 0 Å². The first-order valence-corrected chi connectivity index (χ1v) is 7.60. The Morgan fingerprint density at radius 1 is 1.35 bits per heavy atom. The Morgan fingerprint density at radius 3 is 3.10 bits per heavy atom. The Kier molecular flexibility index (Phi) is 3.87. The molecule has 0 saturated heterocycles. The highest BCUT2D eigenvalue weighted by molar-refractivity contribution is 5.15. The van der Waals surface area contributed by atoms with E-state index >= 15 is 0 Å². The molecule has 5 nitrogen and oxygen atoms in total. The van der Waals surface area contributed by atoms with E-state index in [4.69, 9.17) is 5.73 Å². The van der Waals surface area contributed by atoms with Gasteiger partial charge in [-0.05, 0) is 30.9 Å². The molecule has 0 spiro atoms. The lowest BCUT2D eigenvalue weighted by Crippen LogP contribution is -2.15. The van der Waals surface area contributed by atoms with Crippen molar-refractivity contribution in [1.82, 2.24) is 19.3 Å². The molecule has 2 aromatic heterocycles. The van der Waals surface area contributed by atoms with E-state index < -0.39 is 0 Å². The van der Waals surface area contributed by atoms with Gasteiger partial charge in [0.1, 0.15) is 5.82 Å². The van der Waals surface area contributed by atoms with Gasteiger partial charge in [0, 0.05) is 31.4 Å². The van der Waals surface area contributed by atoms with Crippen LogP contribution in [0.2, 0.25) is 0 Å². The van der Waals surface area contributed by atoms with Crippen LogP contribution in [0.4, 0.5) is 0 Å². The smallest absolute Gasteiger partial charge is 0.152 e. The predicted molar refractivity (Wildman–Crippen MR) is 78.3 cm³/mol. The largest absolute Gasteiger partial charge is 0.346 e. The molecule has 0 amide bonds. The van der Waals surface area contributed by atoms with Gasteiger partial charge in [-0.15, -0.1) is 10.2 Å². The lowest BCUT2D eigenvalue weighted by molar-refractivity contribution is 0.501. The average Bonchev–Trinajstić information content (AvgIpc) is 3.08. The summed E-state index contributed by atoms with van der Waals surface area (Å²) < 4.78 is 4.44. The van der Waals surface area contributed by atoms with Crippen molar-refractivity contribution in [2.24, 2.45) is 5.73 Å². The van der Waals surface area contributed by atoms with Crippen LogP contribution >= 0.6 is 0 Å². The van der Waals surface area contributed by atoms with Crippen LogP contribution in [0.1, 0.15) is 55.9 Å². The highest BCUT2D eigenvalue weighted by Gasteiger charge is 2.16. The standard InChI is InChI=1S/C15H23N5/c1-2-5-13(16)12-7-9-19(10-12)11-15-18-17-14-6-3-4-8-20(14)15/h7,9-10,13H,2-6,8,11,16H2,1H3. The molecule has 3 heterocycles. The molecule has 0 radical (unpaired) electrons. The van der Waals surface area contributed by atoms with Crippen LogP contribution in [0.25, 0.3) is 0 Å².